The average Bonchev–Trinajstić information content (AvgIpc) is 3.05. The molecule has 0 bridgehead atoms. The SMILES string of the molecule is CCc1nn(C)c(CNCCN(C)C2CCCC2)c1Br. The van der Waals surface area contributed by atoms with Crippen molar-refractivity contribution in [3.05, 3.63) is 15.9 Å². The van der Waals surface area contributed by atoms with Gasteiger partial charge in [-0.05, 0) is 42.2 Å². The van der Waals surface area contributed by atoms with Crippen molar-refractivity contribution in [2.75, 3.05) is 20.1 Å². The third kappa shape index (κ3) is 3.83. The summed E-state index contributed by atoms with van der Waals surface area (Å²) in [4.78, 5) is 2.51. The molecule has 0 spiro atoms. The van der Waals surface area contributed by atoms with E-state index in [-0.39, 0.29) is 0 Å². The number of likely N-dealkylation sites (N-methyl/N-ethyl adjacent to an activating group) is 1. The molecule has 0 amide bonds. The molecule has 5 heteroatoms. The Labute approximate surface area is 131 Å². The van der Waals surface area contributed by atoms with Gasteiger partial charge in [-0.3, -0.25) is 4.68 Å². The van der Waals surface area contributed by atoms with Crippen molar-refractivity contribution in [3.8, 4) is 0 Å². The highest BCUT2D eigenvalue weighted by molar-refractivity contribution is 9.10. The summed E-state index contributed by atoms with van der Waals surface area (Å²) >= 11 is 3.66. The summed E-state index contributed by atoms with van der Waals surface area (Å²) < 4.78 is 3.15. The molecule has 1 N–H and O–H groups in total. The zero-order chi connectivity index (χ0) is 14.5. The smallest absolute Gasteiger partial charge is 0.0767 e. The Hall–Kier alpha value is -0.390. The molecule has 1 aliphatic rings. The zero-order valence-electron chi connectivity index (χ0n) is 13.0. The first-order valence-corrected chi connectivity index (χ1v) is 8.54. The monoisotopic (exact) mass is 342 g/mol. The Bertz CT molecular complexity index is 424. The number of nitrogens with one attached hydrogen (secondary N) is 1. The van der Waals surface area contributed by atoms with Crippen LogP contribution in [0.2, 0.25) is 0 Å². The molecule has 4 nitrogen and oxygen atoms in total. The molecule has 0 unspecified atom stereocenters. The highest BCUT2D eigenvalue weighted by Crippen LogP contribution is 2.22. The van der Waals surface area contributed by atoms with Gasteiger partial charge >= 0.3 is 0 Å². The van der Waals surface area contributed by atoms with E-state index in [1.165, 1.54) is 35.8 Å². The van der Waals surface area contributed by atoms with E-state index >= 15 is 0 Å². The number of aryl methyl sites for hydroxylation is 2. The van der Waals surface area contributed by atoms with E-state index in [0.717, 1.165) is 37.8 Å². The van der Waals surface area contributed by atoms with Gasteiger partial charge in [0.05, 0.1) is 15.9 Å². The number of halogens is 1. The van der Waals surface area contributed by atoms with Crippen molar-refractivity contribution < 1.29 is 0 Å². The fourth-order valence-electron chi connectivity index (χ4n) is 3.00. The normalized spacial score (nSPS) is 16.4. The van der Waals surface area contributed by atoms with Gasteiger partial charge in [-0.2, -0.15) is 5.10 Å². The summed E-state index contributed by atoms with van der Waals surface area (Å²) in [5.74, 6) is 0. The molecule has 0 aromatic carbocycles. The minimum absolute atomic E-state index is 0.812. The van der Waals surface area contributed by atoms with Crippen molar-refractivity contribution in [3.63, 3.8) is 0 Å². The minimum atomic E-state index is 0.812. The summed E-state index contributed by atoms with van der Waals surface area (Å²) in [5, 5.41) is 8.07. The van der Waals surface area contributed by atoms with Gasteiger partial charge in [0, 0.05) is 32.7 Å². The summed E-state index contributed by atoms with van der Waals surface area (Å²) in [6, 6.07) is 0.812. The largest absolute Gasteiger partial charge is 0.310 e. The first kappa shape index (κ1) is 16.0. The maximum atomic E-state index is 4.52. The van der Waals surface area contributed by atoms with Crippen LogP contribution in [0, 0.1) is 0 Å². The van der Waals surface area contributed by atoms with Crippen molar-refractivity contribution in [1.29, 1.82) is 0 Å². The van der Waals surface area contributed by atoms with E-state index in [2.05, 4.69) is 45.2 Å². The highest BCUT2D eigenvalue weighted by atomic mass is 79.9. The molecule has 1 aliphatic carbocycles. The molecule has 114 valence electrons. The molecule has 20 heavy (non-hydrogen) atoms. The Kier molecular flexibility index (Phi) is 6.05. The predicted octanol–water partition coefficient (Wildman–Crippen LogP) is 2.71. The molecular formula is C15H27BrN4. The molecule has 1 aromatic heterocycles. The second-order valence-corrected chi connectivity index (χ2v) is 6.57. The zero-order valence-corrected chi connectivity index (χ0v) is 14.5. The van der Waals surface area contributed by atoms with Crippen molar-refractivity contribution in [1.82, 2.24) is 20.0 Å². The lowest BCUT2D eigenvalue weighted by Gasteiger charge is -2.24. The van der Waals surface area contributed by atoms with Crippen LogP contribution in [0.25, 0.3) is 0 Å². The van der Waals surface area contributed by atoms with Crippen LogP contribution in [-0.4, -0.2) is 40.9 Å². The molecule has 0 aliphatic heterocycles. The second kappa shape index (κ2) is 7.57. The Morgan fingerprint density at radius 3 is 2.70 bits per heavy atom. The van der Waals surface area contributed by atoms with Crippen LogP contribution in [0.1, 0.15) is 44.0 Å². The summed E-state index contributed by atoms with van der Waals surface area (Å²) in [6.07, 6.45) is 6.54. The molecular weight excluding hydrogens is 316 g/mol. The van der Waals surface area contributed by atoms with Gasteiger partial charge in [0.2, 0.25) is 0 Å². The summed E-state index contributed by atoms with van der Waals surface area (Å²) in [7, 11) is 4.28. The van der Waals surface area contributed by atoms with Gasteiger partial charge in [-0.25, -0.2) is 0 Å². The number of aromatic nitrogens is 2. The Morgan fingerprint density at radius 2 is 2.10 bits per heavy atom. The maximum Gasteiger partial charge on any atom is 0.0767 e. The van der Waals surface area contributed by atoms with Crippen LogP contribution >= 0.6 is 15.9 Å². The fourth-order valence-corrected chi connectivity index (χ4v) is 3.76. The van der Waals surface area contributed by atoms with E-state index in [0.29, 0.717) is 0 Å². The van der Waals surface area contributed by atoms with Gasteiger partial charge < -0.3 is 10.2 Å². The highest BCUT2D eigenvalue weighted by Gasteiger charge is 2.19. The first-order valence-electron chi connectivity index (χ1n) is 7.74. The van der Waals surface area contributed by atoms with Crippen LogP contribution in [0.15, 0.2) is 4.47 Å². The Morgan fingerprint density at radius 1 is 1.40 bits per heavy atom. The molecule has 0 radical (unpaired) electrons. The molecule has 1 aromatic rings. The quantitative estimate of drug-likeness (QED) is 0.773. The predicted molar refractivity (Wildman–Crippen MR) is 86.9 cm³/mol. The van der Waals surface area contributed by atoms with E-state index in [1.54, 1.807) is 0 Å². The fraction of sp³-hybridized carbons (Fsp3) is 0.800. The van der Waals surface area contributed by atoms with Crippen LogP contribution in [-0.2, 0) is 20.0 Å². The molecule has 1 saturated carbocycles. The van der Waals surface area contributed by atoms with Gasteiger partial charge in [-0.15, -0.1) is 0 Å². The van der Waals surface area contributed by atoms with E-state index in [1.807, 2.05) is 11.7 Å². The molecule has 0 atom stereocenters. The number of nitrogens with zero attached hydrogens (tertiary/aromatic N) is 3. The van der Waals surface area contributed by atoms with Crippen LogP contribution in [0.5, 0.6) is 0 Å². The lowest BCUT2D eigenvalue weighted by Crippen LogP contribution is -2.35. The van der Waals surface area contributed by atoms with Crippen LogP contribution < -0.4 is 5.32 Å². The van der Waals surface area contributed by atoms with Crippen LogP contribution in [0.4, 0.5) is 0 Å². The van der Waals surface area contributed by atoms with Gasteiger partial charge in [0.15, 0.2) is 0 Å². The van der Waals surface area contributed by atoms with E-state index in [4.69, 9.17) is 0 Å². The maximum absolute atomic E-state index is 4.52. The lowest BCUT2D eigenvalue weighted by atomic mass is 10.2. The van der Waals surface area contributed by atoms with E-state index in [9.17, 15) is 0 Å². The topological polar surface area (TPSA) is 33.1 Å². The molecule has 1 fully saturated rings. The first-order chi connectivity index (χ1) is 9.63. The second-order valence-electron chi connectivity index (χ2n) is 5.78. The molecule has 0 saturated heterocycles. The van der Waals surface area contributed by atoms with E-state index < -0.39 is 0 Å². The number of hydrogen-bond acceptors (Lipinski definition) is 3. The minimum Gasteiger partial charge on any atom is -0.310 e. The third-order valence-electron chi connectivity index (χ3n) is 4.38. The molecule has 1 heterocycles. The third-order valence-corrected chi connectivity index (χ3v) is 5.30. The lowest BCUT2D eigenvalue weighted by molar-refractivity contribution is 0.245. The van der Waals surface area contributed by atoms with Crippen molar-refractivity contribution in [2.45, 2.75) is 51.6 Å². The van der Waals surface area contributed by atoms with Gasteiger partial charge in [0.25, 0.3) is 0 Å². The average molecular weight is 343 g/mol. The van der Waals surface area contributed by atoms with Gasteiger partial charge in [0.1, 0.15) is 0 Å². The molecule has 2 rings (SSSR count). The van der Waals surface area contributed by atoms with Gasteiger partial charge in [-0.1, -0.05) is 19.8 Å². The van der Waals surface area contributed by atoms with Crippen LogP contribution in [0.3, 0.4) is 0 Å². The van der Waals surface area contributed by atoms with Crippen molar-refractivity contribution >= 4 is 15.9 Å². The van der Waals surface area contributed by atoms with Crippen molar-refractivity contribution in [2.24, 2.45) is 7.05 Å². The standard InChI is InChI=1S/C15H27BrN4/c1-4-13-15(16)14(20(3)18-13)11-17-9-10-19(2)12-7-5-6-8-12/h12,17H,4-11H2,1-3H3. The number of hydrogen-bond donors (Lipinski definition) is 1. The Balaban J connectivity index is 1.74. The number of rotatable bonds is 7. The summed E-state index contributed by atoms with van der Waals surface area (Å²) in [5.41, 5.74) is 2.39. The summed E-state index contributed by atoms with van der Waals surface area (Å²) in [6.45, 7) is 5.18.